The fourth-order valence-electron chi connectivity index (χ4n) is 2.40. The summed E-state index contributed by atoms with van der Waals surface area (Å²) in [4.78, 5) is 4.46. The maximum Gasteiger partial charge on any atom is 0.250 e. The molecule has 5 heteroatoms. The molecule has 3 nitrogen and oxygen atoms in total. The summed E-state index contributed by atoms with van der Waals surface area (Å²) in [5.41, 5.74) is 2.81. The fourth-order valence-corrected chi connectivity index (χ4v) is 3.42. The van der Waals surface area contributed by atoms with Crippen LogP contribution in [0.15, 0.2) is 47.4 Å². The Morgan fingerprint density at radius 3 is 2.54 bits per heavy atom. The van der Waals surface area contributed by atoms with Crippen LogP contribution < -0.4 is 4.43 Å². The third kappa shape index (κ3) is 3.31. The molecule has 1 heterocycles. The lowest BCUT2D eigenvalue weighted by molar-refractivity contribution is 0.457. The molecule has 0 saturated heterocycles. The molecule has 0 atom stereocenters. The van der Waals surface area contributed by atoms with Crippen LogP contribution in [0, 0.1) is 5.82 Å². The first-order valence-corrected chi connectivity index (χ1v) is 11.5. The van der Waals surface area contributed by atoms with E-state index in [4.69, 9.17) is 8.84 Å². The minimum absolute atomic E-state index is 0.000505. The molecule has 3 aromatic rings. The number of para-hydroxylation sites is 1. The van der Waals surface area contributed by atoms with Crippen LogP contribution in [0.5, 0.6) is 5.75 Å². The van der Waals surface area contributed by atoms with Crippen molar-refractivity contribution in [3.05, 3.63) is 54.4 Å². The molecule has 0 saturated carbocycles. The average Bonchev–Trinajstić information content (AvgIpc) is 2.99. The smallest absolute Gasteiger partial charge is 0.250 e. The highest BCUT2D eigenvalue weighted by atomic mass is 28.4. The Morgan fingerprint density at radius 1 is 1.19 bits per heavy atom. The van der Waals surface area contributed by atoms with Crippen LogP contribution in [0.2, 0.25) is 18.1 Å². The standard InChI is InChI=1S/C21H24FNO2Si/c1-7-14-9-8-10-17-19(14)24-20(23-17)15-11-12-18(16(22)13-15)25-26(5,6)21(2,3)4/h7-13H,1H2,2-6H3. The Bertz CT molecular complexity index is 970. The Labute approximate surface area is 154 Å². The summed E-state index contributed by atoms with van der Waals surface area (Å²) in [6.45, 7) is 14.4. The minimum Gasteiger partial charge on any atom is -0.542 e. The minimum atomic E-state index is -2.10. The zero-order valence-electron chi connectivity index (χ0n) is 15.9. The van der Waals surface area contributed by atoms with Crippen LogP contribution in [-0.4, -0.2) is 13.3 Å². The van der Waals surface area contributed by atoms with Crippen molar-refractivity contribution in [2.45, 2.75) is 38.9 Å². The molecule has 0 aliphatic heterocycles. The van der Waals surface area contributed by atoms with Gasteiger partial charge < -0.3 is 8.84 Å². The summed E-state index contributed by atoms with van der Waals surface area (Å²) >= 11 is 0. The Kier molecular flexibility index (Phi) is 4.52. The number of benzene rings is 2. The first-order valence-electron chi connectivity index (χ1n) is 8.63. The van der Waals surface area contributed by atoms with Gasteiger partial charge in [-0.15, -0.1) is 0 Å². The topological polar surface area (TPSA) is 35.3 Å². The molecule has 0 unspecified atom stereocenters. The number of fused-ring (bicyclic) bond motifs is 1. The quantitative estimate of drug-likeness (QED) is 0.482. The third-order valence-corrected chi connectivity index (χ3v) is 9.36. The van der Waals surface area contributed by atoms with E-state index >= 15 is 0 Å². The molecule has 0 amide bonds. The number of oxazole rings is 1. The van der Waals surface area contributed by atoms with Crippen molar-refractivity contribution in [3.8, 4) is 17.2 Å². The van der Waals surface area contributed by atoms with Crippen molar-refractivity contribution >= 4 is 25.5 Å². The Hall–Kier alpha value is -2.40. The van der Waals surface area contributed by atoms with Crippen LogP contribution in [0.25, 0.3) is 28.6 Å². The van der Waals surface area contributed by atoms with Gasteiger partial charge in [0.25, 0.3) is 8.32 Å². The Morgan fingerprint density at radius 2 is 1.92 bits per heavy atom. The number of hydrogen-bond donors (Lipinski definition) is 0. The Balaban J connectivity index is 1.97. The number of aromatic nitrogens is 1. The monoisotopic (exact) mass is 369 g/mol. The van der Waals surface area contributed by atoms with Gasteiger partial charge in [0.15, 0.2) is 11.4 Å². The van der Waals surface area contributed by atoms with Crippen molar-refractivity contribution in [1.29, 1.82) is 0 Å². The summed E-state index contributed by atoms with van der Waals surface area (Å²) in [6.07, 6.45) is 1.72. The average molecular weight is 370 g/mol. The molecule has 2 aromatic carbocycles. The first kappa shape index (κ1) is 18.4. The summed E-state index contributed by atoms with van der Waals surface area (Å²) in [5, 5.41) is -0.000505. The van der Waals surface area contributed by atoms with Crippen LogP contribution in [0.3, 0.4) is 0 Å². The van der Waals surface area contributed by atoms with E-state index in [0.717, 1.165) is 11.1 Å². The lowest BCUT2D eigenvalue weighted by Gasteiger charge is -2.36. The second-order valence-electron chi connectivity index (χ2n) is 7.93. The zero-order valence-corrected chi connectivity index (χ0v) is 16.9. The van der Waals surface area contributed by atoms with Gasteiger partial charge in [0.05, 0.1) is 0 Å². The van der Waals surface area contributed by atoms with Crippen molar-refractivity contribution in [2.24, 2.45) is 0 Å². The van der Waals surface area contributed by atoms with E-state index in [1.54, 1.807) is 18.2 Å². The van der Waals surface area contributed by atoms with E-state index in [1.807, 2.05) is 18.2 Å². The van der Waals surface area contributed by atoms with Crippen LogP contribution in [0.1, 0.15) is 26.3 Å². The van der Waals surface area contributed by atoms with E-state index in [2.05, 4.69) is 45.4 Å². The lowest BCUT2D eigenvalue weighted by Crippen LogP contribution is -2.44. The van der Waals surface area contributed by atoms with Crippen molar-refractivity contribution in [3.63, 3.8) is 0 Å². The van der Waals surface area contributed by atoms with E-state index in [-0.39, 0.29) is 10.8 Å². The number of nitrogens with zero attached hydrogens (tertiary/aromatic N) is 1. The van der Waals surface area contributed by atoms with Gasteiger partial charge in [0, 0.05) is 11.1 Å². The van der Waals surface area contributed by atoms with Gasteiger partial charge in [-0.25, -0.2) is 9.37 Å². The summed E-state index contributed by atoms with van der Waals surface area (Å²) < 4.78 is 26.6. The van der Waals surface area contributed by atoms with Crippen LogP contribution >= 0.6 is 0 Å². The molecule has 26 heavy (non-hydrogen) atoms. The fraction of sp³-hybridized carbons (Fsp3) is 0.286. The molecule has 0 aliphatic rings. The molecular weight excluding hydrogens is 345 g/mol. The third-order valence-electron chi connectivity index (χ3n) is 5.02. The summed E-state index contributed by atoms with van der Waals surface area (Å²) in [7, 11) is -2.10. The molecule has 0 aliphatic carbocycles. The van der Waals surface area contributed by atoms with E-state index < -0.39 is 14.1 Å². The highest BCUT2D eigenvalue weighted by Crippen LogP contribution is 2.38. The van der Waals surface area contributed by atoms with Gasteiger partial charge in [-0.05, 0) is 42.4 Å². The second kappa shape index (κ2) is 6.40. The summed E-state index contributed by atoms with van der Waals surface area (Å²) in [5.74, 6) is 0.258. The highest BCUT2D eigenvalue weighted by molar-refractivity contribution is 6.74. The van der Waals surface area contributed by atoms with Gasteiger partial charge >= 0.3 is 0 Å². The normalized spacial score (nSPS) is 12.4. The second-order valence-corrected chi connectivity index (χ2v) is 12.7. The number of hydrogen-bond acceptors (Lipinski definition) is 3. The molecule has 0 radical (unpaired) electrons. The number of rotatable bonds is 4. The summed E-state index contributed by atoms with van der Waals surface area (Å²) in [6, 6.07) is 10.5. The molecule has 0 fully saturated rings. The van der Waals surface area contributed by atoms with Crippen molar-refractivity contribution < 1.29 is 13.2 Å². The SMILES string of the molecule is C=Cc1cccc2nc(-c3ccc(O[Si](C)(C)C(C)(C)C)c(F)c3)oc12. The maximum atomic E-state index is 14.7. The molecule has 0 N–H and O–H groups in total. The molecule has 3 rings (SSSR count). The molecule has 1 aromatic heterocycles. The van der Waals surface area contributed by atoms with Crippen molar-refractivity contribution in [1.82, 2.24) is 4.98 Å². The van der Waals surface area contributed by atoms with Gasteiger partial charge in [0.2, 0.25) is 5.89 Å². The van der Waals surface area contributed by atoms with E-state index in [1.165, 1.54) is 6.07 Å². The first-order chi connectivity index (χ1) is 12.1. The lowest BCUT2D eigenvalue weighted by atomic mass is 10.2. The predicted octanol–water partition coefficient (Wildman–Crippen LogP) is 6.66. The van der Waals surface area contributed by atoms with Gasteiger partial charge in [-0.2, -0.15) is 0 Å². The van der Waals surface area contributed by atoms with E-state index in [9.17, 15) is 4.39 Å². The highest BCUT2D eigenvalue weighted by Gasteiger charge is 2.39. The molecular formula is C21H24FNO2Si. The van der Waals surface area contributed by atoms with E-state index in [0.29, 0.717) is 17.0 Å². The predicted molar refractivity (Wildman–Crippen MR) is 107 cm³/mol. The zero-order chi connectivity index (χ0) is 19.1. The van der Waals surface area contributed by atoms with Gasteiger partial charge in [0.1, 0.15) is 11.3 Å². The van der Waals surface area contributed by atoms with Crippen LogP contribution in [0.4, 0.5) is 4.39 Å². The van der Waals surface area contributed by atoms with Crippen molar-refractivity contribution in [2.75, 3.05) is 0 Å². The molecule has 136 valence electrons. The largest absolute Gasteiger partial charge is 0.542 e. The molecule has 0 spiro atoms. The number of halogens is 1. The van der Waals surface area contributed by atoms with Gasteiger partial charge in [-0.1, -0.05) is 45.6 Å². The maximum absolute atomic E-state index is 14.7. The molecule has 0 bridgehead atoms. The van der Waals surface area contributed by atoms with Crippen LogP contribution in [-0.2, 0) is 0 Å². The van der Waals surface area contributed by atoms with Gasteiger partial charge in [-0.3, -0.25) is 0 Å².